The smallest absolute Gasteiger partial charge is 0.274 e. The number of nitrogens with zero attached hydrogens (tertiary/aromatic N) is 1. The van der Waals surface area contributed by atoms with Crippen LogP contribution in [0.1, 0.15) is 33.6 Å². The summed E-state index contributed by atoms with van der Waals surface area (Å²) >= 11 is 7.75. The van der Waals surface area contributed by atoms with Crippen molar-refractivity contribution in [2.24, 2.45) is 0 Å². The van der Waals surface area contributed by atoms with Crippen molar-refractivity contribution in [3.05, 3.63) is 17.2 Å². The normalized spacial score (nSPS) is 22.5. The number of carbonyl (C=O) groups excluding carboxylic acids is 1. The molecule has 28 heavy (non-hydrogen) atoms. The molecule has 1 aromatic carbocycles. The molecule has 1 amide bonds. The number of nitrogens with one attached hydrogen (secondary N) is 1. The van der Waals surface area contributed by atoms with E-state index in [4.69, 9.17) is 25.8 Å². The van der Waals surface area contributed by atoms with Gasteiger partial charge in [-0.2, -0.15) is 0 Å². The summed E-state index contributed by atoms with van der Waals surface area (Å²) in [5, 5.41) is 3.70. The van der Waals surface area contributed by atoms with E-state index < -0.39 is 5.67 Å². The summed E-state index contributed by atoms with van der Waals surface area (Å²) in [5.41, 5.74) is -0.712. The minimum Gasteiger partial charge on any atom is -0.489 e. The van der Waals surface area contributed by atoms with Crippen molar-refractivity contribution in [1.29, 1.82) is 0 Å². The molecular formula is C19H24ClFN2O4S. The molecule has 1 atom stereocenters. The molecule has 0 bridgehead atoms. The first kappa shape index (κ1) is 21.1. The maximum Gasteiger partial charge on any atom is 0.274 e. The van der Waals surface area contributed by atoms with Crippen molar-refractivity contribution in [2.45, 2.75) is 51.4 Å². The van der Waals surface area contributed by atoms with Crippen LogP contribution in [-0.2, 0) is 9.53 Å². The highest BCUT2D eigenvalue weighted by molar-refractivity contribution is 7.20. The topological polar surface area (TPSA) is 69.7 Å². The summed E-state index contributed by atoms with van der Waals surface area (Å²) in [5.74, 6) is 0.322. The van der Waals surface area contributed by atoms with Crippen molar-refractivity contribution in [2.75, 3.05) is 19.8 Å². The average molecular weight is 431 g/mol. The Bertz CT molecular complexity index is 841. The number of carbonyl (C=O) groups is 1. The fourth-order valence-corrected chi connectivity index (χ4v) is 4.32. The fourth-order valence-electron chi connectivity index (χ4n) is 3.09. The lowest BCUT2D eigenvalue weighted by Crippen LogP contribution is -2.50. The van der Waals surface area contributed by atoms with Gasteiger partial charge in [0.25, 0.3) is 5.19 Å². The lowest BCUT2D eigenvalue weighted by molar-refractivity contribution is -0.125. The molecule has 1 heterocycles. The van der Waals surface area contributed by atoms with E-state index in [0.717, 1.165) is 10.2 Å². The van der Waals surface area contributed by atoms with Gasteiger partial charge in [0.05, 0.1) is 29.5 Å². The molecule has 0 spiro atoms. The second-order valence-electron chi connectivity index (χ2n) is 7.04. The van der Waals surface area contributed by atoms with Gasteiger partial charge in [0.15, 0.2) is 0 Å². The zero-order chi connectivity index (χ0) is 20.3. The predicted octanol–water partition coefficient (Wildman–Crippen LogP) is 4.14. The van der Waals surface area contributed by atoms with Crippen LogP contribution in [0.3, 0.4) is 0 Å². The SMILES string of the molecule is CCOc1nc2ccc(OCC3(F)CC(OC[C@H](C)NC(C)=O)C3)c(Cl)c2s1. The van der Waals surface area contributed by atoms with Crippen LogP contribution in [0.5, 0.6) is 10.9 Å². The average Bonchev–Trinajstić information content (AvgIpc) is 3.01. The molecule has 0 aliphatic heterocycles. The Balaban J connectivity index is 1.50. The Kier molecular flexibility index (Phi) is 6.62. The van der Waals surface area contributed by atoms with E-state index >= 15 is 0 Å². The third kappa shape index (κ3) is 5.04. The third-order valence-corrected chi connectivity index (χ3v) is 5.90. The first-order valence-corrected chi connectivity index (χ1v) is 10.4. The number of hydrogen-bond donors (Lipinski definition) is 1. The molecule has 1 fully saturated rings. The van der Waals surface area contributed by atoms with Gasteiger partial charge in [-0.1, -0.05) is 22.9 Å². The third-order valence-electron chi connectivity index (χ3n) is 4.41. The second-order valence-corrected chi connectivity index (χ2v) is 8.38. The van der Waals surface area contributed by atoms with E-state index in [1.807, 2.05) is 13.8 Å². The lowest BCUT2D eigenvalue weighted by Gasteiger charge is -2.41. The number of ether oxygens (including phenoxy) is 3. The van der Waals surface area contributed by atoms with Gasteiger partial charge in [-0.05, 0) is 26.0 Å². The molecule has 0 unspecified atom stereocenters. The Hall–Kier alpha value is -1.64. The number of amides is 1. The van der Waals surface area contributed by atoms with Crippen molar-refractivity contribution in [3.8, 4) is 10.9 Å². The summed E-state index contributed by atoms with van der Waals surface area (Å²) in [6.45, 7) is 5.99. The van der Waals surface area contributed by atoms with Gasteiger partial charge in [-0.15, -0.1) is 0 Å². The number of halogens is 2. The molecule has 0 saturated heterocycles. The van der Waals surface area contributed by atoms with E-state index in [1.165, 1.54) is 18.3 Å². The summed E-state index contributed by atoms with van der Waals surface area (Å²) < 4.78 is 32.3. The highest BCUT2D eigenvalue weighted by Gasteiger charge is 2.46. The molecule has 2 aromatic rings. The molecule has 1 N–H and O–H groups in total. The van der Waals surface area contributed by atoms with Crippen LogP contribution in [0.15, 0.2) is 12.1 Å². The van der Waals surface area contributed by atoms with Crippen molar-refractivity contribution in [1.82, 2.24) is 10.3 Å². The number of rotatable bonds is 9. The minimum atomic E-state index is -1.44. The van der Waals surface area contributed by atoms with Gasteiger partial charge in [0, 0.05) is 25.8 Å². The first-order valence-electron chi connectivity index (χ1n) is 9.22. The largest absolute Gasteiger partial charge is 0.489 e. The minimum absolute atomic E-state index is 0.0868. The molecule has 6 nitrogen and oxygen atoms in total. The first-order chi connectivity index (χ1) is 13.3. The van der Waals surface area contributed by atoms with Crippen LogP contribution in [0.2, 0.25) is 5.02 Å². The number of hydrogen-bond acceptors (Lipinski definition) is 6. The Labute approximate surface area is 172 Å². The van der Waals surface area contributed by atoms with Crippen molar-refractivity contribution < 1.29 is 23.4 Å². The second kappa shape index (κ2) is 8.80. The standard InChI is InChI=1S/C19H24ClFN2O4S/c1-4-25-18-23-14-5-6-15(16(20)17(14)28-18)27-10-19(21)7-13(8-19)26-9-11(2)22-12(3)24/h5-6,11,13H,4,7-10H2,1-3H3,(H,22,24)/t11-,13?,19?/m0/s1. The predicted molar refractivity (Wildman–Crippen MR) is 107 cm³/mol. The van der Waals surface area contributed by atoms with Gasteiger partial charge in [0.2, 0.25) is 5.91 Å². The molecule has 3 rings (SSSR count). The monoisotopic (exact) mass is 430 g/mol. The van der Waals surface area contributed by atoms with Gasteiger partial charge in [0.1, 0.15) is 23.0 Å². The quantitative estimate of drug-likeness (QED) is 0.647. The van der Waals surface area contributed by atoms with Gasteiger partial charge in [-0.3, -0.25) is 4.79 Å². The highest BCUT2D eigenvalue weighted by Crippen LogP contribution is 2.42. The summed E-state index contributed by atoms with van der Waals surface area (Å²) in [7, 11) is 0. The van der Waals surface area contributed by atoms with Gasteiger partial charge in [-0.25, -0.2) is 9.37 Å². The Morgan fingerprint density at radius 3 is 2.89 bits per heavy atom. The van der Waals surface area contributed by atoms with Crippen LogP contribution in [0.4, 0.5) is 4.39 Å². The summed E-state index contributed by atoms with van der Waals surface area (Å²) in [6.07, 6.45) is 0.349. The summed E-state index contributed by atoms with van der Waals surface area (Å²) in [6, 6.07) is 3.39. The van der Waals surface area contributed by atoms with Crippen molar-refractivity contribution >= 4 is 39.1 Å². The zero-order valence-electron chi connectivity index (χ0n) is 16.1. The van der Waals surface area contributed by atoms with Gasteiger partial charge >= 0.3 is 0 Å². The number of benzene rings is 1. The molecule has 0 radical (unpaired) electrons. The Morgan fingerprint density at radius 1 is 1.46 bits per heavy atom. The van der Waals surface area contributed by atoms with E-state index in [0.29, 0.717) is 29.2 Å². The molecule has 9 heteroatoms. The van der Waals surface area contributed by atoms with Crippen LogP contribution in [0.25, 0.3) is 10.2 Å². The van der Waals surface area contributed by atoms with E-state index in [-0.39, 0.29) is 37.5 Å². The molecule has 1 saturated carbocycles. The summed E-state index contributed by atoms with van der Waals surface area (Å²) in [4.78, 5) is 15.3. The number of fused-ring (bicyclic) bond motifs is 1. The maximum atomic E-state index is 14.8. The van der Waals surface area contributed by atoms with Crippen LogP contribution in [-0.4, -0.2) is 48.5 Å². The Morgan fingerprint density at radius 2 is 2.21 bits per heavy atom. The van der Waals surface area contributed by atoms with E-state index in [9.17, 15) is 9.18 Å². The van der Waals surface area contributed by atoms with Crippen LogP contribution in [0, 0.1) is 0 Å². The number of alkyl halides is 1. The van der Waals surface area contributed by atoms with E-state index in [1.54, 1.807) is 12.1 Å². The molecule has 1 aliphatic carbocycles. The molecule has 1 aliphatic rings. The number of thiazole rings is 1. The molecule has 154 valence electrons. The number of aromatic nitrogens is 1. The maximum absolute atomic E-state index is 14.8. The van der Waals surface area contributed by atoms with Gasteiger partial charge < -0.3 is 19.5 Å². The molecular weight excluding hydrogens is 407 g/mol. The van der Waals surface area contributed by atoms with Crippen molar-refractivity contribution in [3.63, 3.8) is 0 Å². The fraction of sp³-hybridized carbons (Fsp3) is 0.579. The van der Waals surface area contributed by atoms with Crippen LogP contribution < -0.4 is 14.8 Å². The zero-order valence-corrected chi connectivity index (χ0v) is 17.7. The van der Waals surface area contributed by atoms with E-state index in [2.05, 4.69) is 10.3 Å². The van der Waals surface area contributed by atoms with Crippen LogP contribution >= 0.6 is 22.9 Å². The lowest BCUT2D eigenvalue weighted by atomic mass is 9.79. The molecule has 1 aromatic heterocycles. The highest BCUT2D eigenvalue weighted by atomic mass is 35.5.